The van der Waals surface area contributed by atoms with Gasteiger partial charge in [0, 0.05) is 19.2 Å². The van der Waals surface area contributed by atoms with Crippen molar-refractivity contribution in [1.29, 1.82) is 0 Å². The molecule has 3 nitrogen and oxygen atoms in total. The van der Waals surface area contributed by atoms with Gasteiger partial charge in [0.25, 0.3) is 0 Å². The van der Waals surface area contributed by atoms with Crippen molar-refractivity contribution >= 4 is 11.7 Å². The van der Waals surface area contributed by atoms with Gasteiger partial charge in [0.15, 0.2) is 0 Å². The maximum absolute atomic E-state index is 10.5. The van der Waals surface area contributed by atoms with Crippen molar-refractivity contribution in [2.75, 3.05) is 18.5 Å². The number of hydrogen-bond donors (Lipinski definition) is 1. The zero-order chi connectivity index (χ0) is 11.6. The van der Waals surface area contributed by atoms with Crippen LogP contribution in [0.15, 0.2) is 30.3 Å². The number of ether oxygens (including phenoxy) is 1. The van der Waals surface area contributed by atoms with Gasteiger partial charge in [0.2, 0.25) is 0 Å². The van der Waals surface area contributed by atoms with E-state index in [2.05, 4.69) is 17.4 Å². The van der Waals surface area contributed by atoms with E-state index in [4.69, 9.17) is 4.74 Å². The van der Waals surface area contributed by atoms with Gasteiger partial charge >= 0.3 is 5.97 Å². The van der Waals surface area contributed by atoms with Crippen LogP contribution >= 0.6 is 0 Å². The fraction of sp³-hybridized carbons (Fsp3) is 0.462. The SMILES string of the molecule is CC(=O)OCCCCCNc1ccccc1. The zero-order valence-electron chi connectivity index (χ0n) is 9.74. The summed E-state index contributed by atoms with van der Waals surface area (Å²) in [5, 5.41) is 3.34. The predicted octanol–water partition coefficient (Wildman–Crippen LogP) is 2.83. The van der Waals surface area contributed by atoms with E-state index in [1.807, 2.05) is 18.2 Å². The van der Waals surface area contributed by atoms with Gasteiger partial charge in [-0.25, -0.2) is 0 Å². The summed E-state index contributed by atoms with van der Waals surface area (Å²) in [5.74, 6) is -0.192. The van der Waals surface area contributed by atoms with Crippen molar-refractivity contribution in [3.63, 3.8) is 0 Å². The third-order valence-electron chi connectivity index (χ3n) is 2.23. The minimum absolute atomic E-state index is 0.192. The molecule has 0 saturated carbocycles. The van der Waals surface area contributed by atoms with Crippen LogP contribution in [0.4, 0.5) is 5.69 Å². The van der Waals surface area contributed by atoms with E-state index in [1.165, 1.54) is 6.92 Å². The van der Waals surface area contributed by atoms with Gasteiger partial charge < -0.3 is 10.1 Å². The minimum atomic E-state index is -0.192. The van der Waals surface area contributed by atoms with Crippen molar-refractivity contribution in [3.05, 3.63) is 30.3 Å². The van der Waals surface area contributed by atoms with Crippen molar-refractivity contribution in [3.8, 4) is 0 Å². The lowest BCUT2D eigenvalue weighted by atomic mass is 10.2. The Bertz CT molecular complexity index is 298. The van der Waals surface area contributed by atoms with Crippen molar-refractivity contribution in [1.82, 2.24) is 0 Å². The molecule has 0 aliphatic rings. The van der Waals surface area contributed by atoms with Crippen LogP contribution in [-0.2, 0) is 9.53 Å². The molecule has 1 N–H and O–H groups in total. The monoisotopic (exact) mass is 221 g/mol. The number of nitrogens with one attached hydrogen (secondary N) is 1. The maximum Gasteiger partial charge on any atom is 0.302 e. The number of unbranched alkanes of at least 4 members (excludes halogenated alkanes) is 2. The Morgan fingerprint density at radius 2 is 1.94 bits per heavy atom. The smallest absolute Gasteiger partial charge is 0.302 e. The van der Waals surface area contributed by atoms with Crippen LogP contribution in [0.25, 0.3) is 0 Å². The van der Waals surface area contributed by atoms with Gasteiger partial charge in [0.1, 0.15) is 0 Å². The van der Waals surface area contributed by atoms with Crippen LogP contribution in [0.3, 0.4) is 0 Å². The summed E-state index contributed by atoms with van der Waals surface area (Å²) in [6.45, 7) is 2.95. The number of benzene rings is 1. The van der Waals surface area contributed by atoms with E-state index in [1.54, 1.807) is 0 Å². The first kappa shape index (κ1) is 12.6. The van der Waals surface area contributed by atoms with Gasteiger partial charge in [-0.1, -0.05) is 18.2 Å². The molecule has 88 valence electrons. The molecule has 0 aliphatic carbocycles. The third-order valence-corrected chi connectivity index (χ3v) is 2.23. The summed E-state index contributed by atoms with van der Waals surface area (Å²) >= 11 is 0. The van der Waals surface area contributed by atoms with Crippen LogP contribution in [0.1, 0.15) is 26.2 Å². The average Bonchev–Trinajstić information content (AvgIpc) is 2.29. The number of anilines is 1. The second kappa shape index (κ2) is 7.74. The molecule has 3 heteroatoms. The molecule has 16 heavy (non-hydrogen) atoms. The van der Waals surface area contributed by atoms with Crippen molar-refractivity contribution < 1.29 is 9.53 Å². The molecule has 1 aromatic rings. The van der Waals surface area contributed by atoms with E-state index >= 15 is 0 Å². The first-order valence-electron chi connectivity index (χ1n) is 5.71. The summed E-state index contributed by atoms with van der Waals surface area (Å²) in [4.78, 5) is 10.5. The van der Waals surface area contributed by atoms with E-state index in [9.17, 15) is 4.79 Å². The molecule has 0 heterocycles. The Morgan fingerprint density at radius 1 is 1.19 bits per heavy atom. The molecule has 0 atom stereocenters. The molecule has 0 fully saturated rings. The molecular weight excluding hydrogens is 202 g/mol. The van der Waals surface area contributed by atoms with Crippen LogP contribution < -0.4 is 5.32 Å². The molecule has 0 radical (unpaired) electrons. The first-order chi connectivity index (χ1) is 7.79. The lowest BCUT2D eigenvalue weighted by Crippen LogP contribution is -2.03. The Kier molecular flexibility index (Phi) is 6.07. The topological polar surface area (TPSA) is 38.3 Å². The molecule has 0 spiro atoms. The Morgan fingerprint density at radius 3 is 2.62 bits per heavy atom. The largest absolute Gasteiger partial charge is 0.466 e. The molecule has 0 aromatic heterocycles. The van der Waals surface area contributed by atoms with Crippen LogP contribution in [0.5, 0.6) is 0 Å². The zero-order valence-corrected chi connectivity index (χ0v) is 9.74. The molecule has 0 unspecified atom stereocenters. The highest BCUT2D eigenvalue weighted by Crippen LogP contribution is 2.05. The molecule has 0 bridgehead atoms. The van der Waals surface area contributed by atoms with Crippen LogP contribution in [0.2, 0.25) is 0 Å². The van der Waals surface area contributed by atoms with Crippen molar-refractivity contribution in [2.45, 2.75) is 26.2 Å². The van der Waals surface area contributed by atoms with Gasteiger partial charge in [-0.05, 0) is 31.4 Å². The number of esters is 1. The molecule has 0 saturated heterocycles. The third kappa shape index (κ3) is 6.06. The Hall–Kier alpha value is -1.51. The molecular formula is C13H19NO2. The van der Waals surface area contributed by atoms with Crippen LogP contribution in [-0.4, -0.2) is 19.1 Å². The van der Waals surface area contributed by atoms with E-state index < -0.39 is 0 Å². The summed E-state index contributed by atoms with van der Waals surface area (Å²) < 4.78 is 4.85. The normalized spacial score (nSPS) is 9.81. The highest BCUT2D eigenvalue weighted by Gasteiger charge is 1.93. The van der Waals surface area contributed by atoms with Gasteiger partial charge in [-0.15, -0.1) is 0 Å². The summed E-state index contributed by atoms with van der Waals surface area (Å²) in [5.41, 5.74) is 1.16. The van der Waals surface area contributed by atoms with Gasteiger partial charge in [-0.3, -0.25) is 4.79 Å². The number of para-hydroxylation sites is 1. The van der Waals surface area contributed by atoms with E-state index in [-0.39, 0.29) is 5.97 Å². The average molecular weight is 221 g/mol. The van der Waals surface area contributed by atoms with E-state index in [0.29, 0.717) is 6.61 Å². The standard InChI is InChI=1S/C13H19NO2/c1-12(15)16-11-7-3-6-10-14-13-8-4-2-5-9-13/h2,4-5,8-9,14H,3,6-7,10-11H2,1H3. The Balaban J connectivity index is 1.94. The number of rotatable bonds is 7. The molecule has 1 rings (SSSR count). The summed E-state index contributed by atoms with van der Waals surface area (Å²) in [7, 11) is 0. The Labute approximate surface area is 96.8 Å². The minimum Gasteiger partial charge on any atom is -0.466 e. The number of hydrogen-bond acceptors (Lipinski definition) is 3. The van der Waals surface area contributed by atoms with Crippen molar-refractivity contribution in [2.24, 2.45) is 0 Å². The highest BCUT2D eigenvalue weighted by atomic mass is 16.5. The van der Waals surface area contributed by atoms with Gasteiger partial charge in [-0.2, -0.15) is 0 Å². The lowest BCUT2D eigenvalue weighted by Gasteiger charge is -2.05. The van der Waals surface area contributed by atoms with Crippen LogP contribution in [0, 0.1) is 0 Å². The fourth-order valence-electron chi connectivity index (χ4n) is 1.41. The second-order valence-electron chi connectivity index (χ2n) is 3.69. The second-order valence-corrected chi connectivity index (χ2v) is 3.69. The molecule has 1 aromatic carbocycles. The molecule has 0 aliphatic heterocycles. The fourth-order valence-corrected chi connectivity index (χ4v) is 1.41. The lowest BCUT2D eigenvalue weighted by molar-refractivity contribution is -0.141. The van der Waals surface area contributed by atoms with Gasteiger partial charge in [0.05, 0.1) is 6.61 Å². The number of carbonyl (C=O) groups is 1. The predicted molar refractivity (Wildman–Crippen MR) is 65.4 cm³/mol. The highest BCUT2D eigenvalue weighted by molar-refractivity contribution is 5.65. The first-order valence-corrected chi connectivity index (χ1v) is 5.71. The van der Waals surface area contributed by atoms with E-state index in [0.717, 1.165) is 31.5 Å². The summed E-state index contributed by atoms with van der Waals surface area (Å²) in [6.07, 6.45) is 3.11. The molecule has 0 amide bonds. The quantitative estimate of drug-likeness (QED) is 0.568. The number of carbonyl (C=O) groups excluding carboxylic acids is 1. The maximum atomic E-state index is 10.5. The summed E-state index contributed by atoms with van der Waals surface area (Å²) in [6, 6.07) is 10.1.